The largest absolute Gasteiger partial charge is 0.244 e. The summed E-state index contributed by atoms with van der Waals surface area (Å²) in [5.41, 5.74) is 0. The van der Waals surface area contributed by atoms with Crippen LogP contribution in [0, 0.1) is 0 Å². The second-order valence-electron chi connectivity index (χ2n) is 3.24. The van der Waals surface area contributed by atoms with E-state index in [0.29, 0.717) is 5.39 Å². The molecule has 0 radical (unpaired) electrons. The second-order valence-corrected chi connectivity index (χ2v) is 5.43. The zero-order valence-corrected chi connectivity index (χ0v) is 9.16. The van der Waals surface area contributed by atoms with Crippen LogP contribution >= 0.6 is 0 Å². The van der Waals surface area contributed by atoms with E-state index in [4.69, 9.17) is 0 Å². The van der Waals surface area contributed by atoms with Crippen LogP contribution in [0.1, 0.15) is 6.92 Å². The van der Waals surface area contributed by atoms with Gasteiger partial charge in [-0.25, -0.2) is 13.4 Å². The van der Waals surface area contributed by atoms with E-state index in [2.05, 4.69) is 4.98 Å². The summed E-state index contributed by atoms with van der Waals surface area (Å²) in [7, 11) is -3.24. The van der Waals surface area contributed by atoms with Gasteiger partial charge < -0.3 is 0 Å². The van der Waals surface area contributed by atoms with E-state index in [1.165, 1.54) is 6.20 Å². The van der Waals surface area contributed by atoms with Gasteiger partial charge in [0.15, 0.2) is 14.9 Å². The van der Waals surface area contributed by atoms with Crippen molar-refractivity contribution in [3.8, 4) is 0 Å². The minimum atomic E-state index is -3.24. The lowest BCUT2D eigenvalue weighted by molar-refractivity contribution is 0.595. The van der Waals surface area contributed by atoms with Gasteiger partial charge >= 0.3 is 0 Å². The molecule has 0 bridgehead atoms. The maximum Gasteiger partial charge on any atom is 0.195 e. The molecule has 0 fully saturated rings. The highest BCUT2D eigenvalue weighted by molar-refractivity contribution is 7.91. The number of hydrogen-bond donors (Lipinski definition) is 0. The summed E-state index contributed by atoms with van der Waals surface area (Å²) in [6, 6.07) is 9.17. The molecule has 15 heavy (non-hydrogen) atoms. The highest BCUT2D eigenvalue weighted by Crippen LogP contribution is 2.20. The molecule has 0 aliphatic rings. The van der Waals surface area contributed by atoms with Crippen molar-refractivity contribution in [2.75, 3.05) is 5.75 Å². The van der Waals surface area contributed by atoms with Gasteiger partial charge in [0.05, 0.1) is 5.75 Å². The highest BCUT2D eigenvalue weighted by Gasteiger charge is 2.15. The molecule has 0 saturated heterocycles. The van der Waals surface area contributed by atoms with E-state index in [1.54, 1.807) is 13.0 Å². The summed E-state index contributed by atoms with van der Waals surface area (Å²) in [6.45, 7) is 1.62. The lowest BCUT2D eigenvalue weighted by Gasteiger charge is -2.04. The van der Waals surface area contributed by atoms with Crippen LogP contribution in [0.15, 0.2) is 41.6 Å². The predicted molar refractivity (Wildman–Crippen MR) is 59.5 cm³/mol. The van der Waals surface area contributed by atoms with Crippen LogP contribution in [-0.4, -0.2) is 19.2 Å². The maximum absolute atomic E-state index is 11.8. The van der Waals surface area contributed by atoms with Gasteiger partial charge in [-0.2, -0.15) is 0 Å². The molecule has 0 atom stereocenters. The Labute approximate surface area is 88.7 Å². The first-order valence-electron chi connectivity index (χ1n) is 4.71. The van der Waals surface area contributed by atoms with Crippen LogP contribution in [0.5, 0.6) is 0 Å². The summed E-state index contributed by atoms with van der Waals surface area (Å²) in [4.78, 5) is 3.96. The van der Waals surface area contributed by atoms with Crippen molar-refractivity contribution in [3.63, 3.8) is 0 Å². The normalized spacial score (nSPS) is 11.8. The van der Waals surface area contributed by atoms with Gasteiger partial charge in [-0.1, -0.05) is 31.2 Å². The van der Waals surface area contributed by atoms with Crippen molar-refractivity contribution in [2.45, 2.75) is 11.9 Å². The minimum absolute atomic E-state index is 0.0774. The molecule has 0 aliphatic carbocycles. The smallest absolute Gasteiger partial charge is 0.195 e. The lowest BCUT2D eigenvalue weighted by atomic mass is 10.2. The number of hydrogen-bond acceptors (Lipinski definition) is 3. The Morgan fingerprint density at radius 1 is 1.20 bits per heavy atom. The Morgan fingerprint density at radius 2 is 1.93 bits per heavy atom. The fraction of sp³-hybridized carbons (Fsp3) is 0.182. The number of nitrogens with zero attached hydrogens (tertiary/aromatic N) is 1. The Kier molecular flexibility index (Phi) is 2.44. The van der Waals surface area contributed by atoms with Crippen LogP contribution in [0.25, 0.3) is 10.8 Å². The molecule has 4 heteroatoms. The van der Waals surface area contributed by atoms with Crippen molar-refractivity contribution in [2.24, 2.45) is 0 Å². The monoisotopic (exact) mass is 221 g/mol. The predicted octanol–water partition coefficient (Wildman–Crippen LogP) is 2.03. The molecule has 2 aromatic rings. The minimum Gasteiger partial charge on any atom is -0.244 e. The number of sulfone groups is 1. The summed E-state index contributed by atoms with van der Waals surface area (Å²) in [5, 5.41) is 1.78. The van der Waals surface area contributed by atoms with E-state index >= 15 is 0 Å². The fourth-order valence-electron chi connectivity index (χ4n) is 1.48. The standard InChI is InChI=1S/C11H11NO2S/c1-2-15(13,14)11-10-6-4-3-5-9(10)7-8-12-11/h3-8H,2H2,1H3. The van der Waals surface area contributed by atoms with Crippen LogP contribution in [0.3, 0.4) is 0 Å². The Morgan fingerprint density at radius 3 is 2.67 bits per heavy atom. The lowest BCUT2D eigenvalue weighted by Crippen LogP contribution is -2.06. The number of benzene rings is 1. The van der Waals surface area contributed by atoms with Crippen LogP contribution < -0.4 is 0 Å². The van der Waals surface area contributed by atoms with Gasteiger partial charge in [-0.05, 0) is 11.5 Å². The third-order valence-corrected chi connectivity index (χ3v) is 3.99. The van der Waals surface area contributed by atoms with E-state index in [0.717, 1.165) is 5.39 Å². The average Bonchev–Trinajstić information content (AvgIpc) is 2.28. The van der Waals surface area contributed by atoms with E-state index in [-0.39, 0.29) is 10.8 Å². The van der Waals surface area contributed by atoms with Crippen LogP contribution in [0.4, 0.5) is 0 Å². The maximum atomic E-state index is 11.8. The second kappa shape index (κ2) is 3.62. The van der Waals surface area contributed by atoms with E-state index in [1.807, 2.05) is 24.3 Å². The van der Waals surface area contributed by atoms with Crippen LogP contribution in [0.2, 0.25) is 0 Å². The third-order valence-electron chi connectivity index (χ3n) is 2.31. The first-order chi connectivity index (χ1) is 7.15. The molecule has 0 saturated carbocycles. The van der Waals surface area contributed by atoms with Crippen molar-refractivity contribution in [1.29, 1.82) is 0 Å². The topological polar surface area (TPSA) is 47.0 Å². The molecule has 0 unspecified atom stereocenters. The summed E-state index contributed by atoms with van der Waals surface area (Å²) >= 11 is 0. The zero-order valence-electron chi connectivity index (χ0n) is 8.34. The molecule has 3 nitrogen and oxygen atoms in total. The molecule has 0 spiro atoms. The van der Waals surface area contributed by atoms with Gasteiger partial charge in [-0.15, -0.1) is 0 Å². The fourth-order valence-corrected chi connectivity index (χ4v) is 2.49. The molecule has 0 N–H and O–H groups in total. The first kappa shape index (κ1) is 10.1. The number of aromatic nitrogens is 1. The molecular weight excluding hydrogens is 210 g/mol. The summed E-state index contributed by atoms with van der Waals surface area (Å²) in [6.07, 6.45) is 1.53. The Bertz CT molecular complexity index is 585. The summed E-state index contributed by atoms with van der Waals surface area (Å²) < 4.78 is 23.5. The molecule has 1 heterocycles. The van der Waals surface area contributed by atoms with Crippen molar-refractivity contribution in [3.05, 3.63) is 36.5 Å². The number of pyridine rings is 1. The third kappa shape index (κ3) is 1.72. The van der Waals surface area contributed by atoms with Gasteiger partial charge in [-0.3, -0.25) is 0 Å². The summed E-state index contributed by atoms with van der Waals surface area (Å²) in [5.74, 6) is 0.0774. The number of fused-ring (bicyclic) bond motifs is 1. The SMILES string of the molecule is CCS(=O)(=O)c1nccc2ccccc12. The van der Waals surface area contributed by atoms with Gasteiger partial charge in [0.2, 0.25) is 0 Å². The van der Waals surface area contributed by atoms with Gasteiger partial charge in [0, 0.05) is 11.6 Å². The van der Waals surface area contributed by atoms with E-state index in [9.17, 15) is 8.42 Å². The Hall–Kier alpha value is -1.42. The molecule has 0 aliphatic heterocycles. The van der Waals surface area contributed by atoms with Crippen LogP contribution in [-0.2, 0) is 9.84 Å². The molecule has 0 amide bonds. The quantitative estimate of drug-likeness (QED) is 0.779. The van der Waals surface area contributed by atoms with Gasteiger partial charge in [0.25, 0.3) is 0 Å². The van der Waals surface area contributed by atoms with Crippen molar-refractivity contribution in [1.82, 2.24) is 4.98 Å². The molecular formula is C11H11NO2S. The highest BCUT2D eigenvalue weighted by atomic mass is 32.2. The van der Waals surface area contributed by atoms with Crippen molar-refractivity contribution >= 4 is 20.6 Å². The first-order valence-corrected chi connectivity index (χ1v) is 6.37. The number of rotatable bonds is 2. The zero-order chi connectivity index (χ0) is 10.9. The Balaban J connectivity index is 2.83. The van der Waals surface area contributed by atoms with Crippen molar-refractivity contribution < 1.29 is 8.42 Å². The molecule has 1 aromatic carbocycles. The average molecular weight is 221 g/mol. The molecule has 1 aromatic heterocycles. The molecule has 2 rings (SSSR count). The van der Waals surface area contributed by atoms with Gasteiger partial charge in [0.1, 0.15) is 0 Å². The molecule has 78 valence electrons. The van der Waals surface area contributed by atoms with E-state index < -0.39 is 9.84 Å².